The summed E-state index contributed by atoms with van der Waals surface area (Å²) < 4.78 is 0. The van der Waals surface area contributed by atoms with Crippen LogP contribution < -0.4 is 4.90 Å². The van der Waals surface area contributed by atoms with E-state index in [2.05, 4.69) is 4.90 Å². The number of nitrogens with zero attached hydrogens (tertiary/aromatic N) is 1. The van der Waals surface area contributed by atoms with Crippen molar-refractivity contribution >= 4 is 11.7 Å². The van der Waals surface area contributed by atoms with E-state index in [1.807, 2.05) is 31.3 Å². The van der Waals surface area contributed by atoms with Crippen molar-refractivity contribution < 1.29 is 9.90 Å². The summed E-state index contributed by atoms with van der Waals surface area (Å²) >= 11 is 0. The monoisotopic (exact) mass is 191 g/mol. The van der Waals surface area contributed by atoms with Gasteiger partial charge in [-0.15, -0.1) is 0 Å². The first-order valence-electron chi connectivity index (χ1n) is 4.70. The summed E-state index contributed by atoms with van der Waals surface area (Å²) in [6.45, 7) is 0.811. The summed E-state index contributed by atoms with van der Waals surface area (Å²) in [6, 6.07) is 8.01. The second-order valence-electron chi connectivity index (χ2n) is 3.73. The number of aliphatic carboxylic acids is 1. The van der Waals surface area contributed by atoms with Gasteiger partial charge in [-0.05, 0) is 11.6 Å². The number of rotatable bonds is 2. The molecule has 74 valence electrons. The van der Waals surface area contributed by atoms with Gasteiger partial charge in [0.05, 0.1) is 6.42 Å². The molecule has 3 heteroatoms. The average molecular weight is 191 g/mol. The van der Waals surface area contributed by atoms with Crippen LogP contribution in [0.2, 0.25) is 0 Å². The molecular weight excluding hydrogens is 178 g/mol. The predicted octanol–water partition coefficient (Wildman–Crippen LogP) is 1.69. The molecule has 0 radical (unpaired) electrons. The minimum Gasteiger partial charge on any atom is -0.481 e. The van der Waals surface area contributed by atoms with Crippen molar-refractivity contribution in [2.75, 3.05) is 18.5 Å². The normalized spacial score (nSPS) is 19.5. The van der Waals surface area contributed by atoms with E-state index in [9.17, 15) is 4.79 Å². The Hall–Kier alpha value is -1.51. The standard InChI is InChI=1S/C11H13NO2/c1-12-7-8(6-11(13)14)9-4-2-3-5-10(9)12/h2-5,8H,6-7H2,1H3,(H,13,14)/t8-/m0/s1. The molecule has 1 N–H and O–H groups in total. The number of likely N-dealkylation sites (N-methyl/N-ethyl adjacent to an activating group) is 1. The number of para-hydroxylation sites is 1. The Morgan fingerprint density at radius 1 is 1.57 bits per heavy atom. The smallest absolute Gasteiger partial charge is 0.304 e. The van der Waals surface area contributed by atoms with Crippen LogP contribution in [0.15, 0.2) is 24.3 Å². The number of hydrogen-bond donors (Lipinski definition) is 1. The maximum absolute atomic E-state index is 10.7. The van der Waals surface area contributed by atoms with Crippen LogP contribution in [0, 0.1) is 0 Å². The van der Waals surface area contributed by atoms with E-state index >= 15 is 0 Å². The van der Waals surface area contributed by atoms with Crippen LogP contribution in [0.4, 0.5) is 5.69 Å². The molecule has 1 aromatic rings. The fourth-order valence-corrected chi connectivity index (χ4v) is 2.09. The molecule has 0 fully saturated rings. The van der Waals surface area contributed by atoms with E-state index in [1.165, 1.54) is 5.69 Å². The van der Waals surface area contributed by atoms with Gasteiger partial charge >= 0.3 is 5.97 Å². The highest BCUT2D eigenvalue weighted by Crippen LogP contribution is 2.36. The molecule has 1 aromatic carbocycles. The largest absolute Gasteiger partial charge is 0.481 e. The molecule has 0 saturated carbocycles. The third kappa shape index (κ3) is 1.45. The van der Waals surface area contributed by atoms with Crippen LogP contribution >= 0.6 is 0 Å². The molecule has 0 spiro atoms. The number of fused-ring (bicyclic) bond motifs is 1. The molecule has 0 amide bonds. The van der Waals surface area contributed by atoms with Crippen LogP contribution in [-0.2, 0) is 4.79 Å². The number of carboxylic acids is 1. The molecule has 0 aliphatic carbocycles. The van der Waals surface area contributed by atoms with Crippen molar-refractivity contribution in [3.05, 3.63) is 29.8 Å². The lowest BCUT2D eigenvalue weighted by Gasteiger charge is -2.11. The molecule has 14 heavy (non-hydrogen) atoms. The van der Waals surface area contributed by atoms with E-state index in [-0.39, 0.29) is 12.3 Å². The molecule has 1 aliphatic rings. The van der Waals surface area contributed by atoms with Gasteiger partial charge in [0.1, 0.15) is 0 Å². The van der Waals surface area contributed by atoms with E-state index in [1.54, 1.807) is 0 Å². The average Bonchev–Trinajstić information content (AvgIpc) is 2.44. The second-order valence-corrected chi connectivity index (χ2v) is 3.73. The van der Waals surface area contributed by atoms with Gasteiger partial charge in [-0.1, -0.05) is 18.2 Å². The number of carbonyl (C=O) groups is 1. The Bertz CT molecular complexity index is 362. The van der Waals surface area contributed by atoms with Gasteiger partial charge < -0.3 is 10.0 Å². The molecule has 3 nitrogen and oxygen atoms in total. The zero-order valence-electron chi connectivity index (χ0n) is 8.10. The Morgan fingerprint density at radius 3 is 3.00 bits per heavy atom. The van der Waals surface area contributed by atoms with E-state index in [4.69, 9.17) is 5.11 Å². The molecule has 1 heterocycles. The van der Waals surface area contributed by atoms with Gasteiger partial charge in [0.25, 0.3) is 0 Å². The topological polar surface area (TPSA) is 40.5 Å². The minimum absolute atomic E-state index is 0.147. The molecule has 0 unspecified atom stereocenters. The van der Waals surface area contributed by atoms with Crippen LogP contribution in [0.3, 0.4) is 0 Å². The lowest BCUT2D eigenvalue weighted by atomic mass is 9.98. The maximum atomic E-state index is 10.7. The van der Waals surface area contributed by atoms with Crippen molar-refractivity contribution in [3.8, 4) is 0 Å². The van der Waals surface area contributed by atoms with Crippen LogP contribution in [0.5, 0.6) is 0 Å². The van der Waals surface area contributed by atoms with Crippen LogP contribution in [0.1, 0.15) is 17.9 Å². The molecule has 1 atom stereocenters. The Balaban J connectivity index is 2.29. The second kappa shape index (κ2) is 3.33. The lowest BCUT2D eigenvalue weighted by Crippen LogP contribution is -2.16. The lowest BCUT2D eigenvalue weighted by molar-refractivity contribution is -0.137. The van der Waals surface area contributed by atoms with Gasteiger partial charge in [0, 0.05) is 25.2 Å². The van der Waals surface area contributed by atoms with Crippen molar-refractivity contribution in [2.24, 2.45) is 0 Å². The Kier molecular flexibility index (Phi) is 2.15. The van der Waals surface area contributed by atoms with E-state index in [0.717, 1.165) is 12.1 Å². The first-order chi connectivity index (χ1) is 6.68. The Labute approximate surface area is 83.0 Å². The third-order valence-corrected chi connectivity index (χ3v) is 2.70. The van der Waals surface area contributed by atoms with Crippen LogP contribution in [0.25, 0.3) is 0 Å². The fraction of sp³-hybridized carbons (Fsp3) is 0.364. The zero-order valence-corrected chi connectivity index (χ0v) is 8.10. The highest BCUT2D eigenvalue weighted by Gasteiger charge is 2.27. The van der Waals surface area contributed by atoms with Gasteiger partial charge in [-0.2, -0.15) is 0 Å². The van der Waals surface area contributed by atoms with Gasteiger partial charge in [-0.3, -0.25) is 4.79 Å². The van der Waals surface area contributed by atoms with Crippen molar-refractivity contribution in [2.45, 2.75) is 12.3 Å². The summed E-state index contributed by atoms with van der Waals surface area (Å²) in [7, 11) is 2.00. The molecule has 0 bridgehead atoms. The highest BCUT2D eigenvalue weighted by molar-refractivity contribution is 5.71. The van der Waals surface area contributed by atoms with Gasteiger partial charge in [0.2, 0.25) is 0 Å². The third-order valence-electron chi connectivity index (χ3n) is 2.70. The number of anilines is 1. The first-order valence-corrected chi connectivity index (χ1v) is 4.70. The van der Waals surface area contributed by atoms with Crippen LogP contribution in [-0.4, -0.2) is 24.7 Å². The van der Waals surface area contributed by atoms with Gasteiger partial charge in [-0.25, -0.2) is 0 Å². The van der Waals surface area contributed by atoms with E-state index < -0.39 is 5.97 Å². The Morgan fingerprint density at radius 2 is 2.29 bits per heavy atom. The van der Waals surface area contributed by atoms with Crippen molar-refractivity contribution in [3.63, 3.8) is 0 Å². The minimum atomic E-state index is -0.722. The number of benzene rings is 1. The molecule has 0 saturated heterocycles. The molecule has 1 aliphatic heterocycles. The van der Waals surface area contributed by atoms with Crippen molar-refractivity contribution in [1.29, 1.82) is 0 Å². The molecular formula is C11H13NO2. The van der Waals surface area contributed by atoms with Gasteiger partial charge in [0.15, 0.2) is 0 Å². The highest BCUT2D eigenvalue weighted by atomic mass is 16.4. The SMILES string of the molecule is CN1C[C@H](CC(=O)O)c2ccccc21. The zero-order chi connectivity index (χ0) is 10.1. The number of carboxylic acid groups (broad SMARTS) is 1. The number of hydrogen-bond acceptors (Lipinski definition) is 2. The van der Waals surface area contributed by atoms with Crippen molar-refractivity contribution in [1.82, 2.24) is 0 Å². The first kappa shape index (κ1) is 9.06. The van der Waals surface area contributed by atoms with E-state index in [0.29, 0.717) is 0 Å². The predicted molar refractivity (Wildman–Crippen MR) is 54.7 cm³/mol. The fourth-order valence-electron chi connectivity index (χ4n) is 2.09. The summed E-state index contributed by atoms with van der Waals surface area (Å²) in [5.74, 6) is -0.575. The summed E-state index contributed by atoms with van der Waals surface area (Å²) in [4.78, 5) is 12.8. The quantitative estimate of drug-likeness (QED) is 0.773. The summed E-state index contributed by atoms with van der Waals surface area (Å²) in [6.07, 6.45) is 0.224. The maximum Gasteiger partial charge on any atom is 0.304 e. The molecule has 0 aromatic heterocycles. The summed E-state index contributed by atoms with van der Waals surface area (Å²) in [5, 5.41) is 8.77. The molecule has 2 rings (SSSR count). The summed E-state index contributed by atoms with van der Waals surface area (Å²) in [5.41, 5.74) is 2.33.